The highest BCUT2D eigenvalue weighted by Gasteiger charge is 2.12. The summed E-state index contributed by atoms with van der Waals surface area (Å²) in [4.78, 5) is 11.7. The molecule has 0 atom stereocenters. The number of carbonyl (C=O) groups is 1. The van der Waals surface area contributed by atoms with E-state index in [9.17, 15) is 9.90 Å². The van der Waals surface area contributed by atoms with Crippen LogP contribution in [0.2, 0.25) is 0 Å². The van der Waals surface area contributed by atoms with Crippen LogP contribution in [0.25, 0.3) is 0 Å². The maximum absolute atomic E-state index is 11.7. The first-order valence-electron chi connectivity index (χ1n) is 7.25. The predicted octanol–water partition coefficient (Wildman–Crippen LogP) is 4.15. The minimum atomic E-state index is -0.710. The van der Waals surface area contributed by atoms with Gasteiger partial charge in [0.1, 0.15) is 11.5 Å². The van der Waals surface area contributed by atoms with Crippen LogP contribution in [0.4, 0.5) is 4.79 Å². The molecule has 0 aliphatic heterocycles. The van der Waals surface area contributed by atoms with Crippen LogP contribution in [0.3, 0.4) is 0 Å². The van der Waals surface area contributed by atoms with Crippen molar-refractivity contribution in [1.82, 2.24) is 0 Å². The van der Waals surface area contributed by atoms with Gasteiger partial charge < -0.3 is 14.6 Å². The summed E-state index contributed by atoms with van der Waals surface area (Å²) in [5, 5.41) is 9.86. The van der Waals surface area contributed by atoms with Crippen molar-refractivity contribution in [3.63, 3.8) is 0 Å². The molecule has 0 saturated heterocycles. The Morgan fingerprint density at radius 3 is 2.36 bits per heavy atom. The van der Waals surface area contributed by atoms with Crippen molar-refractivity contribution in [3.8, 4) is 11.5 Å². The Morgan fingerprint density at radius 2 is 1.68 bits per heavy atom. The molecule has 0 amide bonds. The smallest absolute Gasteiger partial charge is 0.508 e. The van der Waals surface area contributed by atoms with Gasteiger partial charge in [-0.3, -0.25) is 0 Å². The fourth-order valence-electron chi connectivity index (χ4n) is 1.97. The van der Waals surface area contributed by atoms with Gasteiger partial charge >= 0.3 is 6.16 Å². The molecule has 4 nitrogen and oxygen atoms in total. The van der Waals surface area contributed by atoms with Gasteiger partial charge in [0.2, 0.25) is 0 Å². The topological polar surface area (TPSA) is 55.8 Å². The number of carbonyl (C=O) groups excluding carboxylic acids is 1. The molecule has 0 radical (unpaired) electrons. The van der Waals surface area contributed by atoms with Crippen molar-refractivity contribution in [3.05, 3.63) is 59.7 Å². The quantitative estimate of drug-likeness (QED) is 0.665. The van der Waals surface area contributed by atoms with Gasteiger partial charge in [-0.15, -0.1) is 0 Å². The number of hydrogen-bond acceptors (Lipinski definition) is 4. The fourth-order valence-corrected chi connectivity index (χ4v) is 1.97. The highest BCUT2D eigenvalue weighted by Crippen LogP contribution is 2.25. The molecule has 22 heavy (non-hydrogen) atoms. The molecule has 0 spiro atoms. The molecule has 0 aliphatic carbocycles. The summed E-state index contributed by atoms with van der Waals surface area (Å²) in [6.45, 7) is 4.24. The maximum atomic E-state index is 11.7. The molecule has 0 saturated carbocycles. The summed E-state index contributed by atoms with van der Waals surface area (Å²) in [6, 6.07) is 14.3. The zero-order chi connectivity index (χ0) is 15.9. The van der Waals surface area contributed by atoms with E-state index in [2.05, 4.69) is 0 Å². The standard InChI is InChI=1S/C18H20O4/c1-13(2)12-21-18(20)22-17-10-6-4-8-15(17)11-14-7-3-5-9-16(14)19/h3-10,13,19H,11-12H2,1-2H3. The predicted molar refractivity (Wildman–Crippen MR) is 84.2 cm³/mol. The molecule has 0 aliphatic rings. The van der Waals surface area contributed by atoms with Gasteiger partial charge in [-0.2, -0.15) is 0 Å². The molecule has 2 rings (SSSR count). The van der Waals surface area contributed by atoms with Crippen LogP contribution in [0, 0.1) is 5.92 Å². The number of hydrogen-bond donors (Lipinski definition) is 1. The van der Waals surface area contributed by atoms with Crippen molar-refractivity contribution < 1.29 is 19.4 Å². The zero-order valence-corrected chi connectivity index (χ0v) is 12.8. The average Bonchev–Trinajstić information content (AvgIpc) is 2.49. The van der Waals surface area contributed by atoms with E-state index >= 15 is 0 Å². The first kappa shape index (κ1) is 15.9. The van der Waals surface area contributed by atoms with E-state index in [1.54, 1.807) is 24.3 Å². The second-order valence-corrected chi connectivity index (χ2v) is 5.47. The van der Waals surface area contributed by atoms with E-state index < -0.39 is 6.16 Å². The molecule has 116 valence electrons. The molecule has 0 aromatic heterocycles. The highest BCUT2D eigenvalue weighted by molar-refractivity contribution is 5.64. The van der Waals surface area contributed by atoms with Crippen LogP contribution in [-0.4, -0.2) is 17.9 Å². The van der Waals surface area contributed by atoms with Crippen molar-refractivity contribution in [2.45, 2.75) is 20.3 Å². The Labute approximate surface area is 130 Å². The van der Waals surface area contributed by atoms with Gasteiger partial charge in [0.15, 0.2) is 0 Å². The lowest BCUT2D eigenvalue weighted by Gasteiger charge is -2.12. The van der Waals surface area contributed by atoms with E-state index in [1.807, 2.05) is 38.1 Å². The molecule has 0 heterocycles. The van der Waals surface area contributed by atoms with Crippen LogP contribution in [0.5, 0.6) is 11.5 Å². The maximum Gasteiger partial charge on any atom is 0.513 e. The first-order chi connectivity index (χ1) is 10.6. The number of phenolic OH excluding ortho intramolecular Hbond substituents is 1. The summed E-state index contributed by atoms with van der Waals surface area (Å²) in [6.07, 6.45) is -0.237. The lowest BCUT2D eigenvalue weighted by Crippen LogP contribution is -2.15. The highest BCUT2D eigenvalue weighted by atomic mass is 16.7. The normalized spacial score (nSPS) is 10.5. The Hall–Kier alpha value is -2.49. The average molecular weight is 300 g/mol. The van der Waals surface area contributed by atoms with Gasteiger partial charge in [0.25, 0.3) is 0 Å². The summed E-state index contributed by atoms with van der Waals surface area (Å²) in [5.74, 6) is 0.920. The van der Waals surface area contributed by atoms with Crippen molar-refractivity contribution >= 4 is 6.16 Å². The molecular weight excluding hydrogens is 280 g/mol. The van der Waals surface area contributed by atoms with Crippen LogP contribution in [-0.2, 0) is 11.2 Å². The molecular formula is C18H20O4. The summed E-state index contributed by atoms with van der Waals surface area (Å²) < 4.78 is 10.3. The molecule has 0 bridgehead atoms. The number of phenols is 1. The summed E-state index contributed by atoms with van der Waals surface area (Å²) in [5.41, 5.74) is 1.58. The summed E-state index contributed by atoms with van der Waals surface area (Å²) in [7, 11) is 0. The van der Waals surface area contributed by atoms with Gasteiger partial charge in [0.05, 0.1) is 6.61 Å². The number of rotatable bonds is 5. The number of aromatic hydroxyl groups is 1. The molecule has 2 aromatic rings. The van der Waals surface area contributed by atoms with Crippen LogP contribution in [0.1, 0.15) is 25.0 Å². The van der Waals surface area contributed by atoms with Crippen molar-refractivity contribution in [2.24, 2.45) is 5.92 Å². The minimum Gasteiger partial charge on any atom is -0.508 e. The molecule has 0 unspecified atom stereocenters. The molecule has 0 fully saturated rings. The lowest BCUT2D eigenvalue weighted by molar-refractivity contribution is 0.0883. The minimum absolute atomic E-state index is 0.222. The van der Waals surface area contributed by atoms with Gasteiger partial charge in [-0.25, -0.2) is 4.79 Å². The largest absolute Gasteiger partial charge is 0.513 e. The van der Waals surface area contributed by atoms with E-state index in [0.29, 0.717) is 18.8 Å². The van der Waals surface area contributed by atoms with Crippen molar-refractivity contribution in [2.75, 3.05) is 6.61 Å². The second-order valence-electron chi connectivity index (χ2n) is 5.47. The SMILES string of the molecule is CC(C)COC(=O)Oc1ccccc1Cc1ccccc1O. The second kappa shape index (κ2) is 7.50. The number of para-hydroxylation sites is 2. The molecule has 4 heteroatoms. The van der Waals surface area contributed by atoms with Gasteiger partial charge in [-0.1, -0.05) is 50.2 Å². The zero-order valence-electron chi connectivity index (χ0n) is 12.8. The Bertz CT molecular complexity index is 634. The van der Waals surface area contributed by atoms with E-state index in [-0.39, 0.29) is 11.7 Å². The van der Waals surface area contributed by atoms with E-state index in [4.69, 9.17) is 9.47 Å². The van der Waals surface area contributed by atoms with E-state index in [1.165, 1.54) is 0 Å². The molecule has 2 aromatic carbocycles. The van der Waals surface area contributed by atoms with Crippen molar-refractivity contribution in [1.29, 1.82) is 0 Å². The Kier molecular flexibility index (Phi) is 5.42. The van der Waals surface area contributed by atoms with Crippen LogP contribution >= 0.6 is 0 Å². The third-order valence-corrected chi connectivity index (χ3v) is 3.07. The van der Waals surface area contributed by atoms with Gasteiger partial charge in [0, 0.05) is 6.42 Å². The van der Waals surface area contributed by atoms with E-state index in [0.717, 1.165) is 11.1 Å². The molecule has 1 N–H and O–H groups in total. The Balaban J connectivity index is 2.10. The van der Waals surface area contributed by atoms with Crippen LogP contribution in [0.15, 0.2) is 48.5 Å². The first-order valence-corrected chi connectivity index (χ1v) is 7.25. The Morgan fingerprint density at radius 1 is 1.05 bits per heavy atom. The third kappa shape index (κ3) is 4.52. The third-order valence-electron chi connectivity index (χ3n) is 3.07. The monoisotopic (exact) mass is 300 g/mol. The summed E-state index contributed by atoms with van der Waals surface area (Å²) >= 11 is 0. The van der Waals surface area contributed by atoms with Crippen LogP contribution < -0.4 is 4.74 Å². The fraction of sp³-hybridized carbons (Fsp3) is 0.278. The number of ether oxygens (including phenoxy) is 2. The van der Waals surface area contributed by atoms with Gasteiger partial charge in [-0.05, 0) is 29.2 Å². The number of benzene rings is 2. The lowest BCUT2D eigenvalue weighted by atomic mass is 10.0.